The lowest BCUT2D eigenvalue weighted by molar-refractivity contribution is -0.321. The number of fused-ring (bicyclic) bond motifs is 1. The Labute approximate surface area is 344 Å². The molecule has 6 saturated heterocycles. The van der Waals surface area contributed by atoms with Gasteiger partial charge in [-0.05, 0) is 95.1 Å². The van der Waals surface area contributed by atoms with E-state index in [0.29, 0.717) is 56.4 Å². The van der Waals surface area contributed by atoms with Gasteiger partial charge in [-0.1, -0.05) is 45.1 Å². The normalized spacial score (nSPS) is 44.8. The number of methoxy groups -OCH3 is 1. The molecule has 328 valence electrons. The minimum absolute atomic E-state index is 0.0145. The number of carbonyl (C=O) groups excluding carboxylic acids is 1. The van der Waals surface area contributed by atoms with E-state index in [-0.39, 0.29) is 36.6 Å². The van der Waals surface area contributed by atoms with Crippen molar-refractivity contribution < 1.29 is 63.1 Å². The standard InChI is InChI=1S/C45H70O13/c1-26-22-35(56-45(24-26)36(47)13-12-32(55-45)25-42(6,50)41(49)51-7)27(2)10-11-31-15-19-44(54-31)20-16-34-40(58-44)37(48)30(5)39(53-34)33(46)23-29(4)38-28(3)14-18-43(57-38)17-8-9-21-52-43/h10-11,24,27-29,31-40,46-48,50H,5,8-9,12-23,25H2,1-4,6-7H3/b11-10+/t27-,28-,29+,31-,32+,33+,34-,35+,36-,37-,38+,39+,40-,42-,43+,44-,45-/m1/s1. The summed E-state index contributed by atoms with van der Waals surface area (Å²) in [7, 11) is 1.24. The van der Waals surface area contributed by atoms with Crippen LogP contribution < -0.4 is 0 Å². The van der Waals surface area contributed by atoms with Crippen LogP contribution in [0.3, 0.4) is 0 Å². The van der Waals surface area contributed by atoms with Crippen LogP contribution in [-0.4, -0.2) is 124 Å². The first-order valence-corrected chi connectivity index (χ1v) is 22.1. The quantitative estimate of drug-likeness (QED) is 0.166. The lowest BCUT2D eigenvalue weighted by Gasteiger charge is -2.50. The van der Waals surface area contributed by atoms with Gasteiger partial charge in [0.05, 0.1) is 50.3 Å². The van der Waals surface area contributed by atoms with Gasteiger partial charge >= 0.3 is 5.97 Å². The Morgan fingerprint density at radius 2 is 1.78 bits per heavy atom. The summed E-state index contributed by atoms with van der Waals surface area (Å²) < 4.78 is 50.2. The Kier molecular flexibility index (Phi) is 13.4. The van der Waals surface area contributed by atoms with Gasteiger partial charge < -0.3 is 58.3 Å². The van der Waals surface area contributed by atoms with Crippen LogP contribution in [0.4, 0.5) is 0 Å². The highest BCUT2D eigenvalue weighted by Crippen LogP contribution is 2.47. The highest BCUT2D eigenvalue weighted by Gasteiger charge is 2.55. The molecule has 0 aromatic rings. The molecule has 0 aromatic heterocycles. The number of aliphatic hydroxyl groups excluding tert-OH is 3. The monoisotopic (exact) mass is 818 g/mol. The van der Waals surface area contributed by atoms with Crippen molar-refractivity contribution in [2.45, 2.75) is 209 Å². The molecular weight excluding hydrogens is 748 g/mol. The summed E-state index contributed by atoms with van der Waals surface area (Å²) >= 11 is 0. The third-order valence-electron chi connectivity index (χ3n) is 14.2. The molecule has 7 aliphatic heterocycles. The Balaban J connectivity index is 0.919. The van der Waals surface area contributed by atoms with Crippen LogP contribution in [0.15, 0.2) is 36.0 Å². The first-order chi connectivity index (χ1) is 27.5. The Morgan fingerprint density at radius 1 is 1.02 bits per heavy atom. The van der Waals surface area contributed by atoms with Gasteiger partial charge in [0.1, 0.15) is 24.4 Å². The molecule has 17 atom stereocenters. The largest absolute Gasteiger partial charge is 0.467 e. The first-order valence-electron chi connectivity index (χ1n) is 22.1. The van der Waals surface area contributed by atoms with Crippen molar-refractivity contribution in [3.63, 3.8) is 0 Å². The van der Waals surface area contributed by atoms with E-state index in [4.69, 9.17) is 37.9 Å². The third-order valence-corrected chi connectivity index (χ3v) is 14.2. The average molecular weight is 819 g/mol. The minimum atomic E-state index is -1.73. The summed E-state index contributed by atoms with van der Waals surface area (Å²) in [6.07, 6.45) is 9.94. The van der Waals surface area contributed by atoms with Crippen LogP contribution in [0.2, 0.25) is 0 Å². The molecule has 0 radical (unpaired) electrons. The second kappa shape index (κ2) is 17.6. The van der Waals surface area contributed by atoms with Gasteiger partial charge in [0.2, 0.25) is 5.79 Å². The van der Waals surface area contributed by atoms with Crippen LogP contribution in [-0.2, 0) is 42.7 Å². The van der Waals surface area contributed by atoms with Crippen molar-refractivity contribution >= 4 is 5.97 Å². The fourth-order valence-electron chi connectivity index (χ4n) is 10.8. The molecule has 6 fully saturated rings. The molecule has 58 heavy (non-hydrogen) atoms. The summed E-state index contributed by atoms with van der Waals surface area (Å²) in [6.45, 7) is 14.7. The Bertz CT molecular complexity index is 1520. The van der Waals surface area contributed by atoms with E-state index >= 15 is 0 Å². The maximum absolute atomic E-state index is 12.2. The Morgan fingerprint density at radius 3 is 2.52 bits per heavy atom. The minimum Gasteiger partial charge on any atom is -0.467 e. The summed E-state index contributed by atoms with van der Waals surface area (Å²) in [6, 6.07) is 0. The molecule has 13 nitrogen and oxygen atoms in total. The SMILES string of the molecule is C=C1[C@@H](O)[C@@H]2O[C@]3(CC[C@@H](/C=C/[C@@H](C)[C@@H]4CC(C)=C[C@@]5(O[C@H](C[C@@](C)(O)C(=O)OC)CC[C@H]5O)O4)O3)CC[C@H]2O[C@@H]1[C@@H](O)C[C@H](C)[C@H]1O[C@@]2(CCCCO2)CC[C@H]1C. The highest BCUT2D eigenvalue weighted by atomic mass is 16.7. The van der Waals surface area contributed by atoms with Crippen molar-refractivity contribution in [3.8, 4) is 0 Å². The molecule has 7 aliphatic rings. The van der Waals surface area contributed by atoms with E-state index in [2.05, 4.69) is 33.4 Å². The average Bonchev–Trinajstić information content (AvgIpc) is 3.59. The number of hydrogen-bond donors (Lipinski definition) is 4. The van der Waals surface area contributed by atoms with Crippen LogP contribution in [0, 0.1) is 17.8 Å². The zero-order valence-electron chi connectivity index (χ0n) is 35.5. The zero-order valence-corrected chi connectivity index (χ0v) is 35.5. The molecular formula is C45H70O13. The number of carbonyl (C=O) groups is 1. The smallest absolute Gasteiger partial charge is 0.337 e. The van der Waals surface area contributed by atoms with Gasteiger partial charge in [-0.15, -0.1) is 0 Å². The van der Waals surface area contributed by atoms with Gasteiger partial charge in [-0.3, -0.25) is 0 Å². The Hall–Kier alpha value is -1.75. The molecule has 7 heterocycles. The van der Waals surface area contributed by atoms with E-state index in [1.165, 1.54) is 14.0 Å². The molecule has 7 rings (SSSR count). The van der Waals surface area contributed by atoms with Gasteiger partial charge in [-0.25, -0.2) is 4.79 Å². The predicted molar refractivity (Wildman–Crippen MR) is 212 cm³/mol. The fraction of sp³-hybridized carbons (Fsp3) is 0.844. The number of hydrogen-bond acceptors (Lipinski definition) is 13. The molecule has 0 aliphatic carbocycles. The molecule has 0 amide bonds. The summed E-state index contributed by atoms with van der Waals surface area (Å²) in [5, 5.41) is 45.0. The van der Waals surface area contributed by atoms with E-state index in [1.807, 2.05) is 19.1 Å². The number of esters is 1. The van der Waals surface area contributed by atoms with E-state index in [1.54, 1.807) is 0 Å². The maximum atomic E-state index is 12.2. The van der Waals surface area contributed by atoms with Crippen LogP contribution in [0.1, 0.15) is 125 Å². The van der Waals surface area contributed by atoms with Crippen molar-refractivity contribution in [1.82, 2.24) is 0 Å². The predicted octanol–water partition coefficient (Wildman–Crippen LogP) is 5.30. The van der Waals surface area contributed by atoms with Gasteiger partial charge in [0.15, 0.2) is 17.2 Å². The first kappa shape index (κ1) is 44.3. The van der Waals surface area contributed by atoms with Crippen molar-refractivity contribution in [2.75, 3.05) is 13.7 Å². The second-order valence-corrected chi connectivity index (χ2v) is 19.1. The summed E-state index contributed by atoms with van der Waals surface area (Å²) in [5.74, 6) is -3.15. The van der Waals surface area contributed by atoms with E-state index in [9.17, 15) is 25.2 Å². The van der Waals surface area contributed by atoms with Crippen LogP contribution >= 0.6 is 0 Å². The van der Waals surface area contributed by atoms with E-state index in [0.717, 1.165) is 50.7 Å². The van der Waals surface area contributed by atoms with Crippen molar-refractivity contribution in [3.05, 3.63) is 36.0 Å². The number of ether oxygens (including phenoxy) is 8. The molecule has 0 unspecified atom stereocenters. The number of rotatable bonds is 10. The highest BCUT2D eigenvalue weighted by molar-refractivity contribution is 5.78. The van der Waals surface area contributed by atoms with Gasteiger partial charge in [-0.2, -0.15) is 0 Å². The van der Waals surface area contributed by atoms with Crippen molar-refractivity contribution in [2.24, 2.45) is 17.8 Å². The lowest BCUT2D eigenvalue weighted by atomic mass is 9.79. The van der Waals surface area contributed by atoms with Crippen LogP contribution in [0.25, 0.3) is 0 Å². The molecule has 4 N–H and O–H groups in total. The molecule has 0 bridgehead atoms. The second-order valence-electron chi connectivity index (χ2n) is 19.1. The molecule has 13 heteroatoms. The fourth-order valence-corrected chi connectivity index (χ4v) is 10.8. The molecule has 0 aromatic carbocycles. The van der Waals surface area contributed by atoms with Crippen molar-refractivity contribution in [1.29, 1.82) is 0 Å². The number of aliphatic hydroxyl groups is 4. The summed E-state index contributed by atoms with van der Waals surface area (Å²) in [5.41, 5.74) is -0.287. The maximum Gasteiger partial charge on any atom is 0.337 e. The topological polar surface area (TPSA) is 172 Å². The lowest BCUT2D eigenvalue weighted by Crippen LogP contribution is -2.60. The van der Waals surface area contributed by atoms with Gasteiger partial charge in [0, 0.05) is 38.0 Å². The van der Waals surface area contributed by atoms with Gasteiger partial charge in [0.25, 0.3) is 0 Å². The zero-order chi connectivity index (χ0) is 41.6. The summed E-state index contributed by atoms with van der Waals surface area (Å²) in [4.78, 5) is 12.2. The van der Waals surface area contributed by atoms with Crippen LogP contribution in [0.5, 0.6) is 0 Å². The van der Waals surface area contributed by atoms with E-state index < -0.39 is 71.7 Å². The third kappa shape index (κ3) is 9.21. The molecule has 3 spiro atoms. The molecule has 0 saturated carbocycles.